The molecule has 0 saturated heterocycles. The first-order chi connectivity index (χ1) is 5.31. The van der Waals surface area contributed by atoms with Crippen molar-refractivity contribution in [3.8, 4) is 0 Å². The summed E-state index contributed by atoms with van der Waals surface area (Å²) in [4.78, 5) is 0. The van der Waals surface area contributed by atoms with E-state index in [1.54, 1.807) is 37.6 Å². The van der Waals surface area contributed by atoms with Gasteiger partial charge in [-0.05, 0) is 0 Å². The molecule has 0 amide bonds. The molecule has 0 unspecified atom stereocenters. The minimum Gasteiger partial charge on any atom is -0.428 e. The van der Waals surface area contributed by atoms with E-state index >= 15 is 0 Å². The zero-order chi connectivity index (χ0) is 8.53. The second kappa shape index (κ2) is 11.3. The van der Waals surface area contributed by atoms with E-state index in [0.717, 1.165) is 5.46 Å². The average Bonchev–Trinajstić information content (AvgIpc) is 2.07. The van der Waals surface area contributed by atoms with E-state index in [1.807, 2.05) is 0 Å². The molecule has 2 radical (unpaired) electrons. The molecular formula is C9H11BOY+. The summed E-state index contributed by atoms with van der Waals surface area (Å²) in [6.45, 7) is 2.00. The Labute approximate surface area is 101 Å². The molecule has 1 nitrogen and oxygen atoms in total. The fourth-order valence-corrected chi connectivity index (χ4v) is 0.400. The summed E-state index contributed by atoms with van der Waals surface area (Å²) < 4.78 is 0. The van der Waals surface area contributed by atoms with Crippen LogP contribution in [0.15, 0.2) is 24.3 Å². The maximum Gasteiger partial charge on any atom is 3.00 e. The molecule has 1 N–H and O–H groups in total. The van der Waals surface area contributed by atoms with E-state index in [2.05, 4.69) is 6.07 Å². The standard InChI is InChI=1S/C6H4B.C3H7O.Y/c7-6-4-2-1-3-5-6;1-2-3-4;/h2-5H;2,4H,3H2,1H3;/q2*-1;+3. The predicted molar refractivity (Wildman–Crippen MR) is 47.7 cm³/mol. The SMILES string of the molecule is C[CH-]CO.[B]c1cc[c-]cc1.[Y+3]. The summed E-state index contributed by atoms with van der Waals surface area (Å²) in [6.07, 6.45) is 1.68. The van der Waals surface area contributed by atoms with Crippen molar-refractivity contribution in [1.29, 1.82) is 0 Å². The number of aliphatic hydroxyl groups is 1. The fraction of sp³-hybridized carbons (Fsp3) is 0.222. The Kier molecular flexibility index (Phi) is 14.0. The molecule has 1 rings (SSSR count). The molecule has 0 aliphatic carbocycles. The van der Waals surface area contributed by atoms with Crippen LogP contribution in [-0.4, -0.2) is 19.6 Å². The summed E-state index contributed by atoms with van der Waals surface area (Å²) >= 11 is 0. The molecule has 1 aromatic carbocycles. The van der Waals surface area contributed by atoms with Crippen LogP contribution in [0.25, 0.3) is 0 Å². The normalized spacial score (nSPS) is 7.50. The third kappa shape index (κ3) is 10.3. The predicted octanol–water partition coefficient (Wildman–Crippen LogP) is 0.481. The van der Waals surface area contributed by atoms with Crippen LogP contribution in [0, 0.1) is 12.5 Å². The zero-order valence-electron chi connectivity index (χ0n) is 7.20. The van der Waals surface area contributed by atoms with Gasteiger partial charge in [0.25, 0.3) is 0 Å². The van der Waals surface area contributed by atoms with Crippen LogP contribution in [0.2, 0.25) is 0 Å². The zero-order valence-corrected chi connectivity index (χ0v) is 10.0. The molecule has 0 atom stereocenters. The van der Waals surface area contributed by atoms with Crippen LogP contribution < -0.4 is 5.46 Å². The van der Waals surface area contributed by atoms with Crippen molar-refractivity contribution in [2.45, 2.75) is 6.92 Å². The van der Waals surface area contributed by atoms with E-state index in [0.29, 0.717) is 0 Å². The first-order valence-electron chi connectivity index (χ1n) is 3.41. The van der Waals surface area contributed by atoms with Crippen LogP contribution >= 0.6 is 0 Å². The number of hydrogen-bond acceptors (Lipinski definition) is 1. The average molecular weight is 235 g/mol. The third-order valence-corrected chi connectivity index (χ3v) is 0.927. The Bertz CT molecular complexity index is 165. The molecule has 0 spiro atoms. The molecule has 0 aromatic heterocycles. The Hall–Kier alpha value is 0.349. The summed E-state index contributed by atoms with van der Waals surface area (Å²) in [5.41, 5.74) is 0.791. The van der Waals surface area contributed by atoms with Gasteiger partial charge in [0, 0.05) is 0 Å². The van der Waals surface area contributed by atoms with E-state index < -0.39 is 0 Å². The third-order valence-electron chi connectivity index (χ3n) is 0.927. The second-order valence-corrected chi connectivity index (χ2v) is 1.92. The van der Waals surface area contributed by atoms with Gasteiger partial charge in [-0.25, -0.2) is 5.46 Å². The van der Waals surface area contributed by atoms with Crippen LogP contribution in [0.5, 0.6) is 0 Å². The smallest absolute Gasteiger partial charge is 0.428 e. The van der Waals surface area contributed by atoms with Crippen LogP contribution in [-0.2, 0) is 32.7 Å². The van der Waals surface area contributed by atoms with Crippen LogP contribution in [0.1, 0.15) is 6.92 Å². The first-order valence-corrected chi connectivity index (χ1v) is 3.41. The van der Waals surface area contributed by atoms with Crippen molar-refractivity contribution in [2.75, 3.05) is 6.61 Å². The molecule has 12 heavy (non-hydrogen) atoms. The van der Waals surface area contributed by atoms with E-state index in [9.17, 15) is 0 Å². The molecule has 0 fully saturated rings. The van der Waals surface area contributed by atoms with Crippen LogP contribution in [0.3, 0.4) is 0 Å². The summed E-state index contributed by atoms with van der Waals surface area (Å²) in [5, 5.41) is 7.82. The molecule has 0 saturated carbocycles. The van der Waals surface area contributed by atoms with Crippen molar-refractivity contribution in [3.05, 3.63) is 36.8 Å². The molecule has 0 heterocycles. The maximum atomic E-state index is 7.82. The number of benzene rings is 1. The maximum absolute atomic E-state index is 7.82. The van der Waals surface area contributed by atoms with Gasteiger partial charge in [-0.3, -0.25) is 0 Å². The van der Waals surface area contributed by atoms with Gasteiger partial charge in [-0.1, -0.05) is 6.61 Å². The van der Waals surface area contributed by atoms with Gasteiger partial charge in [0.15, 0.2) is 0 Å². The van der Waals surface area contributed by atoms with Crippen molar-refractivity contribution < 1.29 is 37.8 Å². The molecule has 0 aliphatic rings. The van der Waals surface area contributed by atoms with Gasteiger partial charge in [0.05, 0.1) is 7.85 Å². The summed E-state index contributed by atoms with van der Waals surface area (Å²) in [6, 6.07) is 10.0. The monoisotopic (exact) mass is 235 g/mol. The van der Waals surface area contributed by atoms with Gasteiger partial charge < -0.3 is 11.5 Å². The Morgan fingerprint density at radius 2 is 1.92 bits per heavy atom. The topological polar surface area (TPSA) is 20.2 Å². The minimum atomic E-state index is 0. The van der Waals surface area contributed by atoms with E-state index in [4.69, 9.17) is 13.0 Å². The van der Waals surface area contributed by atoms with E-state index in [1.165, 1.54) is 0 Å². The Morgan fingerprint density at radius 1 is 1.50 bits per heavy atom. The number of rotatable bonds is 1. The van der Waals surface area contributed by atoms with Crippen molar-refractivity contribution in [1.82, 2.24) is 0 Å². The Morgan fingerprint density at radius 3 is 2.08 bits per heavy atom. The minimum absolute atomic E-state index is 0. The van der Waals surface area contributed by atoms with Crippen LogP contribution in [0.4, 0.5) is 0 Å². The van der Waals surface area contributed by atoms with E-state index in [-0.39, 0.29) is 39.3 Å². The molecule has 3 heteroatoms. The number of hydrogen-bond donors (Lipinski definition) is 1. The van der Waals surface area contributed by atoms with Crippen molar-refractivity contribution in [3.63, 3.8) is 0 Å². The quantitative estimate of drug-likeness (QED) is 0.554. The van der Waals surface area contributed by atoms with Gasteiger partial charge in [-0.2, -0.15) is 37.3 Å². The molecule has 1 aromatic rings. The Balaban J connectivity index is 0. The fourth-order valence-electron chi connectivity index (χ4n) is 0.400. The van der Waals surface area contributed by atoms with Gasteiger partial charge >= 0.3 is 32.7 Å². The summed E-state index contributed by atoms with van der Waals surface area (Å²) in [5.74, 6) is 0. The molecule has 58 valence electrons. The largest absolute Gasteiger partial charge is 3.00 e. The second-order valence-electron chi connectivity index (χ2n) is 1.92. The molecule has 0 bridgehead atoms. The van der Waals surface area contributed by atoms with Crippen molar-refractivity contribution in [2.24, 2.45) is 0 Å². The van der Waals surface area contributed by atoms with Gasteiger partial charge in [0.2, 0.25) is 0 Å². The van der Waals surface area contributed by atoms with Gasteiger partial charge in [0.1, 0.15) is 0 Å². The number of aliphatic hydroxyl groups excluding tert-OH is 1. The molecule has 0 aliphatic heterocycles. The van der Waals surface area contributed by atoms with Crippen molar-refractivity contribution >= 4 is 13.3 Å². The van der Waals surface area contributed by atoms with Gasteiger partial charge in [-0.15, -0.1) is 0 Å². The molecular weight excluding hydrogens is 224 g/mol. The first kappa shape index (κ1) is 14.9. The summed E-state index contributed by atoms with van der Waals surface area (Å²) in [7, 11) is 5.34.